The van der Waals surface area contributed by atoms with Gasteiger partial charge in [-0.2, -0.15) is 0 Å². The Bertz CT molecular complexity index is 352. The van der Waals surface area contributed by atoms with Gasteiger partial charge in [0.05, 0.1) is 5.75 Å². The van der Waals surface area contributed by atoms with E-state index in [0.29, 0.717) is 5.92 Å². The lowest BCUT2D eigenvalue weighted by molar-refractivity contribution is -0.137. The van der Waals surface area contributed by atoms with E-state index in [-0.39, 0.29) is 24.6 Å². The lowest BCUT2D eigenvalue weighted by atomic mass is 9.88. The lowest BCUT2D eigenvalue weighted by Crippen LogP contribution is -2.39. The van der Waals surface area contributed by atoms with E-state index in [4.69, 9.17) is 5.11 Å². The second-order valence-corrected chi connectivity index (χ2v) is 6.78. The van der Waals surface area contributed by atoms with Crippen molar-refractivity contribution in [3.8, 4) is 0 Å². The summed E-state index contributed by atoms with van der Waals surface area (Å²) in [5.74, 6) is -0.480. The van der Waals surface area contributed by atoms with Crippen molar-refractivity contribution in [2.24, 2.45) is 5.92 Å². The Morgan fingerprint density at radius 2 is 2.12 bits per heavy atom. The predicted octanol–water partition coefficient (Wildman–Crippen LogP) is 1.35. The topological polar surface area (TPSA) is 83.5 Å². The minimum Gasteiger partial charge on any atom is -0.481 e. The molecule has 100 valence electrons. The standard InChI is InChI=1S/C11H21NO4S/c1-9-4-2-5-10(8-9)12-17(15,16)7-3-6-11(13)14/h9-10,12H,2-8H2,1H3,(H,13,14). The Morgan fingerprint density at radius 1 is 1.41 bits per heavy atom. The Kier molecular flexibility index (Phi) is 5.39. The Hall–Kier alpha value is -0.620. The molecular weight excluding hydrogens is 242 g/mol. The highest BCUT2D eigenvalue weighted by Crippen LogP contribution is 2.23. The molecule has 1 aliphatic rings. The van der Waals surface area contributed by atoms with E-state index >= 15 is 0 Å². The first kappa shape index (κ1) is 14.4. The molecule has 0 aromatic heterocycles. The first-order valence-electron chi connectivity index (χ1n) is 6.11. The maximum absolute atomic E-state index is 11.7. The second kappa shape index (κ2) is 6.35. The molecule has 2 atom stereocenters. The van der Waals surface area contributed by atoms with Crippen molar-refractivity contribution in [2.75, 3.05) is 5.75 Å². The molecule has 2 unspecified atom stereocenters. The lowest BCUT2D eigenvalue weighted by Gasteiger charge is -2.27. The smallest absolute Gasteiger partial charge is 0.303 e. The molecular formula is C11H21NO4S. The van der Waals surface area contributed by atoms with Gasteiger partial charge in [0.1, 0.15) is 0 Å². The summed E-state index contributed by atoms with van der Waals surface area (Å²) in [6.07, 6.45) is 4.08. The fourth-order valence-electron chi connectivity index (χ4n) is 2.27. The molecule has 0 spiro atoms. The molecule has 1 rings (SSSR count). The van der Waals surface area contributed by atoms with Crippen LogP contribution in [0.15, 0.2) is 0 Å². The molecule has 6 heteroatoms. The van der Waals surface area contributed by atoms with Crippen molar-refractivity contribution in [3.05, 3.63) is 0 Å². The van der Waals surface area contributed by atoms with Gasteiger partial charge in [-0.05, 0) is 25.2 Å². The zero-order chi connectivity index (χ0) is 12.9. The maximum atomic E-state index is 11.7. The molecule has 5 nitrogen and oxygen atoms in total. The number of hydrogen-bond acceptors (Lipinski definition) is 3. The van der Waals surface area contributed by atoms with Crippen molar-refractivity contribution in [1.82, 2.24) is 4.72 Å². The summed E-state index contributed by atoms with van der Waals surface area (Å²) in [4.78, 5) is 10.3. The van der Waals surface area contributed by atoms with E-state index in [1.165, 1.54) is 0 Å². The van der Waals surface area contributed by atoms with Crippen LogP contribution in [0.1, 0.15) is 45.4 Å². The number of carbonyl (C=O) groups is 1. The van der Waals surface area contributed by atoms with E-state index in [1.54, 1.807) is 0 Å². The van der Waals surface area contributed by atoms with Crippen LogP contribution < -0.4 is 4.72 Å². The summed E-state index contributed by atoms with van der Waals surface area (Å²) in [6, 6.07) is 0.0357. The third-order valence-electron chi connectivity index (χ3n) is 3.09. The van der Waals surface area contributed by atoms with Crippen LogP contribution in [0.2, 0.25) is 0 Å². The second-order valence-electron chi connectivity index (χ2n) is 4.90. The summed E-state index contributed by atoms with van der Waals surface area (Å²) < 4.78 is 26.0. The normalized spacial score (nSPS) is 25.7. The minimum absolute atomic E-state index is 0.0357. The largest absolute Gasteiger partial charge is 0.481 e. The van der Waals surface area contributed by atoms with Crippen LogP contribution in [-0.4, -0.2) is 31.3 Å². The van der Waals surface area contributed by atoms with Crippen LogP contribution in [0.5, 0.6) is 0 Å². The highest BCUT2D eigenvalue weighted by molar-refractivity contribution is 7.89. The molecule has 0 radical (unpaired) electrons. The summed E-state index contributed by atoms with van der Waals surface area (Å²) in [7, 11) is -3.31. The van der Waals surface area contributed by atoms with E-state index in [9.17, 15) is 13.2 Å². The van der Waals surface area contributed by atoms with Gasteiger partial charge in [0.25, 0.3) is 0 Å². The van der Waals surface area contributed by atoms with Gasteiger partial charge in [0.2, 0.25) is 10.0 Å². The van der Waals surface area contributed by atoms with Crippen molar-refractivity contribution >= 4 is 16.0 Å². The van der Waals surface area contributed by atoms with Crippen molar-refractivity contribution in [2.45, 2.75) is 51.5 Å². The number of aliphatic carboxylic acids is 1. The molecule has 0 bridgehead atoms. The zero-order valence-electron chi connectivity index (χ0n) is 10.2. The van der Waals surface area contributed by atoms with Crippen LogP contribution in [0, 0.1) is 5.92 Å². The van der Waals surface area contributed by atoms with Gasteiger partial charge in [0.15, 0.2) is 0 Å². The summed E-state index contributed by atoms with van der Waals surface area (Å²) >= 11 is 0. The van der Waals surface area contributed by atoms with Gasteiger partial charge in [-0.1, -0.05) is 19.8 Å². The molecule has 17 heavy (non-hydrogen) atoms. The van der Waals surface area contributed by atoms with Crippen LogP contribution in [-0.2, 0) is 14.8 Å². The summed E-state index contributed by atoms with van der Waals surface area (Å²) in [5.41, 5.74) is 0. The fourth-order valence-corrected chi connectivity index (χ4v) is 3.63. The van der Waals surface area contributed by atoms with Gasteiger partial charge >= 0.3 is 5.97 Å². The first-order chi connectivity index (χ1) is 7.89. The molecule has 0 aliphatic heterocycles. The molecule has 0 saturated heterocycles. The number of carboxylic acids is 1. The van der Waals surface area contributed by atoms with Gasteiger partial charge in [-0.3, -0.25) is 4.79 Å². The Morgan fingerprint density at radius 3 is 2.71 bits per heavy atom. The fraction of sp³-hybridized carbons (Fsp3) is 0.909. The monoisotopic (exact) mass is 263 g/mol. The number of nitrogens with one attached hydrogen (secondary N) is 1. The summed E-state index contributed by atoms with van der Waals surface area (Å²) in [6.45, 7) is 2.13. The van der Waals surface area contributed by atoms with Gasteiger partial charge in [0, 0.05) is 12.5 Å². The molecule has 0 amide bonds. The van der Waals surface area contributed by atoms with E-state index in [0.717, 1.165) is 25.7 Å². The number of hydrogen-bond donors (Lipinski definition) is 2. The Balaban J connectivity index is 2.35. The molecule has 1 fully saturated rings. The maximum Gasteiger partial charge on any atom is 0.303 e. The molecule has 0 heterocycles. The third-order valence-corrected chi connectivity index (χ3v) is 4.60. The molecule has 0 aromatic carbocycles. The van der Waals surface area contributed by atoms with E-state index in [2.05, 4.69) is 11.6 Å². The number of carboxylic acid groups (broad SMARTS) is 1. The van der Waals surface area contributed by atoms with Crippen LogP contribution in [0.3, 0.4) is 0 Å². The highest BCUT2D eigenvalue weighted by atomic mass is 32.2. The molecule has 1 aliphatic carbocycles. The predicted molar refractivity (Wildman–Crippen MR) is 65.2 cm³/mol. The SMILES string of the molecule is CC1CCCC(NS(=O)(=O)CCCC(=O)O)C1. The van der Waals surface area contributed by atoms with Crippen molar-refractivity contribution in [3.63, 3.8) is 0 Å². The van der Waals surface area contributed by atoms with Crippen LogP contribution in [0.4, 0.5) is 0 Å². The van der Waals surface area contributed by atoms with Gasteiger partial charge in [-0.15, -0.1) is 0 Å². The highest BCUT2D eigenvalue weighted by Gasteiger charge is 2.23. The van der Waals surface area contributed by atoms with E-state index < -0.39 is 16.0 Å². The number of rotatable bonds is 6. The average Bonchev–Trinajstić information content (AvgIpc) is 2.15. The van der Waals surface area contributed by atoms with Gasteiger partial charge < -0.3 is 5.11 Å². The minimum atomic E-state index is -3.31. The molecule has 1 saturated carbocycles. The Labute approximate surface area is 103 Å². The number of sulfonamides is 1. The van der Waals surface area contributed by atoms with Crippen LogP contribution >= 0.6 is 0 Å². The summed E-state index contributed by atoms with van der Waals surface area (Å²) in [5, 5.41) is 8.45. The molecule has 0 aromatic rings. The third kappa shape index (κ3) is 6.02. The zero-order valence-corrected chi connectivity index (χ0v) is 11.0. The van der Waals surface area contributed by atoms with Crippen molar-refractivity contribution < 1.29 is 18.3 Å². The van der Waals surface area contributed by atoms with Gasteiger partial charge in [-0.25, -0.2) is 13.1 Å². The van der Waals surface area contributed by atoms with Crippen LogP contribution in [0.25, 0.3) is 0 Å². The molecule has 2 N–H and O–H groups in total. The quantitative estimate of drug-likeness (QED) is 0.757. The average molecular weight is 263 g/mol. The van der Waals surface area contributed by atoms with E-state index in [1.807, 2.05) is 0 Å². The van der Waals surface area contributed by atoms with Crippen molar-refractivity contribution in [1.29, 1.82) is 0 Å². The first-order valence-corrected chi connectivity index (χ1v) is 7.76.